The van der Waals surface area contributed by atoms with E-state index in [0.717, 1.165) is 60.7 Å². The van der Waals surface area contributed by atoms with Gasteiger partial charge in [0.2, 0.25) is 0 Å². The van der Waals surface area contributed by atoms with E-state index < -0.39 is 24.2 Å². The highest BCUT2D eigenvalue weighted by Crippen LogP contribution is 2.32. The summed E-state index contributed by atoms with van der Waals surface area (Å²) < 4.78 is 54.7. The molecule has 0 atom stereocenters. The van der Waals surface area contributed by atoms with Crippen LogP contribution in [0.2, 0.25) is 0 Å². The molecule has 4 rings (SSSR count). The van der Waals surface area contributed by atoms with Crippen molar-refractivity contribution >= 4 is 17.4 Å². The first-order valence-electron chi connectivity index (χ1n) is 10.7. The molecule has 1 amide bonds. The van der Waals surface area contributed by atoms with Crippen molar-refractivity contribution in [3.05, 3.63) is 66.1 Å². The lowest BCUT2D eigenvalue weighted by Gasteiger charge is -2.21. The fraction of sp³-hybridized carbons (Fsp3) is 0.292. The first-order valence-corrected chi connectivity index (χ1v) is 10.7. The van der Waals surface area contributed by atoms with Gasteiger partial charge in [-0.3, -0.25) is 9.78 Å². The maximum Gasteiger partial charge on any atom is 0.461 e. The molecule has 0 radical (unpaired) electrons. The predicted molar refractivity (Wildman–Crippen MR) is 120 cm³/mol. The van der Waals surface area contributed by atoms with Gasteiger partial charge in [-0.05, 0) is 56.2 Å². The van der Waals surface area contributed by atoms with E-state index >= 15 is 0 Å². The van der Waals surface area contributed by atoms with E-state index in [0.29, 0.717) is 5.56 Å². The van der Waals surface area contributed by atoms with Crippen molar-refractivity contribution in [2.45, 2.75) is 32.3 Å². The van der Waals surface area contributed by atoms with Crippen LogP contribution in [0.25, 0.3) is 11.1 Å². The topological polar surface area (TPSA) is 67.3 Å². The van der Waals surface area contributed by atoms with Crippen molar-refractivity contribution in [3.63, 3.8) is 0 Å². The first-order chi connectivity index (χ1) is 16.2. The molecule has 3 aromatic rings. The van der Waals surface area contributed by atoms with Crippen LogP contribution in [0.1, 0.15) is 28.9 Å². The van der Waals surface area contributed by atoms with Gasteiger partial charge in [0.1, 0.15) is 11.6 Å². The summed E-state index contributed by atoms with van der Waals surface area (Å²) in [4.78, 5) is 23.9. The summed E-state index contributed by atoms with van der Waals surface area (Å²) in [5, 5.41) is 2.65. The number of amides is 1. The molecule has 1 fully saturated rings. The van der Waals surface area contributed by atoms with Gasteiger partial charge in [0.15, 0.2) is 0 Å². The van der Waals surface area contributed by atoms with E-state index in [-0.39, 0.29) is 5.69 Å². The molecular weight excluding hydrogens is 452 g/mol. The average molecular weight is 474 g/mol. The molecule has 0 saturated carbocycles. The number of anilines is 2. The van der Waals surface area contributed by atoms with E-state index in [1.165, 1.54) is 18.3 Å². The smallest absolute Gasteiger partial charge is 0.428 e. The number of alkyl halides is 4. The van der Waals surface area contributed by atoms with Crippen molar-refractivity contribution in [2.75, 3.05) is 23.3 Å². The predicted octanol–water partition coefficient (Wildman–Crippen LogP) is 5.54. The standard InChI is InChI=1S/C24H22F4N4O2/c1-15-4-5-16(13-29-15)20-12-17(14-30-21(20)32-10-2-3-11-32)22(33)31-18-6-8-19(9-7-18)34-24(27,28)23(25)26/h4-9,12-14,23H,2-3,10-11H2,1H3,(H,31,33). The number of nitrogens with zero attached hydrogens (tertiary/aromatic N) is 3. The van der Waals surface area contributed by atoms with Crippen LogP contribution < -0.4 is 15.0 Å². The molecule has 3 heterocycles. The highest BCUT2D eigenvalue weighted by Gasteiger charge is 2.43. The number of carbonyl (C=O) groups excluding carboxylic acids is 1. The lowest BCUT2D eigenvalue weighted by atomic mass is 10.1. The Kier molecular flexibility index (Phi) is 6.67. The Balaban J connectivity index is 1.55. The number of hydrogen-bond donors (Lipinski definition) is 1. The number of halogens is 4. The minimum absolute atomic E-state index is 0.278. The molecule has 1 aliphatic rings. The zero-order chi connectivity index (χ0) is 24.3. The van der Waals surface area contributed by atoms with Crippen LogP contribution in [0.3, 0.4) is 0 Å². The van der Waals surface area contributed by atoms with Gasteiger partial charge in [-0.1, -0.05) is 6.07 Å². The van der Waals surface area contributed by atoms with Gasteiger partial charge in [0, 0.05) is 48.0 Å². The highest BCUT2D eigenvalue weighted by molar-refractivity contribution is 6.05. The van der Waals surface area contributed by atoms with E-state index in [9.17, 15) is 22.4 Å². The van der Waals surface area contributed by atoms with Crippen LogP contribution in [-0.4, -0.2) is 41.5 Å². The SMILES string of the molecule is Cc1ccc(-c2cc(C(=O)Nc3ccc(OC(F)(F)C(F)F)cc3)cnc2N2CCCC2)cn1. The monoisotopic (exact) mass is 474 g/mol. The van der Waals surface area contributed by atoms with Crippen LogP contribution in [0.4, 0.5) is 29.1 Å². The largest absolute Gasteiger partial charge is 0.461 e. The third kappa shape index (κ3) is 5.27. The summed E-state index contributed by atoms with van der Waals surface area (Å²) in [5.41, 5.74) is 3.05. The second-order valence-corrected chi connectivity index (χ2v) is 7.92. The molecule has 1 aliphatic heterocycles. The maximum atomic E-state index is 13.1. The second kappa shape index (κ2) is 9.66. The summed E-state index contributed by atoms with van der Waals surface area (Å²) in [5.74, 6) is -0.136. The first kappa shape index (κ1) is 23.5. The lowest BCUT2D eigenvalue weighted by molar-refractivity contribution is -0.253. The molecule has 6 nitrogen and oxygen atoms in total. The number of carbonyl (C=O) groups is 1. The number of aryl methyl sites for hydroxylation is 1. The van der Waals surface area contributed by atoms with Crippen molar-refractivity contribution < 1.29 is 27.1 Å². The van der Waals surface area contributed by atoms with Crippen molar-refractivity contribution in [3.8, 4) is 16.9 Å². The van der Waals surface area contributed by atoms with Gasteiger partial charge in [-0.15, -0.1) is 0 Å². The van der Waals surface area contributed by atoms with Crippen molar-refractivity contribution in [2.24, 2.45) is 0 Å². The van der Waals surface area contributed by atoms with Crippen LogP contribution in [0.15, 0.2) is 54.9 Å². The molecule has 0 unspecified atom stereocenters. The van der Waals surface area contributed by atoms with Crippen LogP contribution >= 0.6 is 0 Å². The van der Waals surface area contributed by atoms with Crippen molar-refractivity contribution in [1.82, 2.24) is 9.97 Å². The number of hydrogen-bond acceptors (Lipinski definition) is 5. The fourth-order valence-corrected chi connectivity index (χ4v) is 3.61. The molecule has 34 heavy (non-hydrogen) atoms. The minimum atomic E-state index is -4.60. The van der Waals surface area contributed by atoms with Crippen LogP contribution in [0, 0.1) is 6.92 Å². The van der Waals surface area contributed by atoms with Gasteiger partial charge >= 0.3 is 12.5 Å². The lowest BCUT2D eigenvalue weighted by Crippen LogP contribution is -2.33. The number of aromatic nitrogens is 2. The highest BCUT2D eigenvalue weighted by atomic mass is 19.3. The summed E-state index contributed by atoms with van der Waals surface area (Å²) in [7, 11) is 0. The number of benzene rings is 1. The number of nitrogens with one attached hydrogen (secondary N) is 1. The zero-order valence-electron chi connectivity index (χ0n) is 18.3. The zero-order valence-corrected chi connectivity index (χ0v) is 18.3. The Morgan fingerprint density at radius 2 is 1.76 bits per heavy atom. The number of rotatable bonds is 7. The molecular formula is C24H22F4N4O2. The molecule has 1 aromatic carbocycles. The van der Waals surface area contributed by atoms with E-state index in [4.69, 9.17) is 0 Å². The quantitative estimate of drug-likeness (QED) is 0.456. The molecule has 1 N–H and O–H groups in total. The molecule has 1 saturated heterocycles. The van der Waals surface area contributed by atoms with Crippen molar-refractivity contribution in [1.29, 1.82) is 0 Å². The van der Waals surface area contributed by atoms with Gasteiger partial charge < -0.3 is 15.0 Å². The Morgan fingerprint density at radius 3 is 2.38 bits per heavy atom. The Morgan fingerprint density at radius 1 is 1.06 bits per heavy atom. The molecule has 0 aliphatic carbocycles. The van der Waals surface area contributed by atoms with E-state index in [2.05, 4.69) is 24.9 Å². The number of ether oxygens (including phenoxy) is 1. The van der Waals surface area contributed by atoms with Gasteiger partial charge in [0.05, 0.1) is 5.56 Å². The minimum Gasteiger partial charge on any atom is -0.428 e. The Bertz CT molecular complexity index is 1150. The fourth-order valence-electron chi connectivity index (χ4n) is 3.61. The second-order valence-electron chi connectivity index (χ2n) is 7.92. The summed E-state index contributed by atoms with van der Waals surface area (Å²) in [6.45, 7) is 3.64. The third-order valence-electron chi connectivity index (χ3n) is 5.38. The third-order valence-corrected chi connectivity index (χ3v) is 5.38. The summed E-state index contributed by atoms with van der Waals surface area (Å²) >= 11 is 0. The molecule has 178 valence electrons. The van der Waals surface area contributed by atoms with E-state index in [1.54, 1.807) is 12.3 Å². The van der Waals surface area contributed by atoms with Gasteiger partial charge in [-0.2, -0.15) is 17.6 Å². The van der Waals surface area contributed by atoms with Gasteiger partial charge in [0.25, 0.3) is 5.91 Å². The van der Waals surface area contributed by atoms with Gasteiger partial charge in [-0.25, -0.2) is 4.98 Å². The summed E-state index contributed by atoms with van der Waals surface area (Å²) in [6, 6.07) is 10.3. The molecule has 0 spiro atoms. The maximum absolute atomic E-state index is 13.1. The van der Waals surface area contributed by atoms with Crippen LogP contribution in [-0.2, 0) is 0 Å². The summed E-state index contributed by atoms with van der Waals surface area (Å²) in [6.07, 6.45) is -3.21. The number of pyridine rings is 2. The van der Waals surface area contributed by atoms with E-state index in [1.807, 2.05) is 19.1 Å². The normalized spacial score (nSPS) is 13.9. The molecule has 10 heteroatoms. The average Bonchev–Trinajstić information content (AvgIpc) is 3.35. The van der Waals surface area contributed by atoms with Crippen LogP contribution in [0.5, 0.6) is 5.75 Å². The molecule has 0 bridgehead atoms. The Labute approximate surface area is 193 Å². The Hall–Kier alpha value is -3.69. The molecule has 2 aromatic heterocycles.